The van der Waals surface area contributed by atoms with E-state index in [4.69, 9.17) is 18.7 Å². The van der Waals surface area contributed by atoms with Crippen molar-refractivity contribution in [3.05, 3.63) is 53.7 Å². The summed E-state index contributed by atoms with van der Waals surface area (Å²) in [6.45, 7) is 2.32. The van der Waals surface area contributed by atoms with Crippen molar-refractivity contribution in [2.75, 3.05) is 13.8 Å². The molecule has 3 heterocycles. The fraction of sp³-hybridized carbons (Fsp3) is 0.278. The molecule has 27 heavy (non-hydrogen) atoms. The lowest BCUT2D eigenvalue weighted by molar-refractivity contribution is 0.0731. The quantitative estimate of drug-likeness (QED) is 0.711. The molecule has 0 fully saturated rings. The Morgan fingerprint density at radius 1 is 1.30 bits per heavy atom. The van der Waals surface area contributed by atoms with Gasteiger partial charge in [0.2, 0.25) is 6.79 Å². The fourth-order valence-corrected chi connectivity index (χ4v) is 2.67. The Bertz CT molecular complexity index is 937. The molecule has 1 atom stereocenters. The van der Waals surface area contributed by atoms with E-state index >= 15 is 0 Å². The van der Waals surface area contributed by atoms with Crippen molar-refractivity contribution in [1.82, 2.24) is 20.3 Å². The Morgan fingerprint density at radius 3 is 2.96 bits per heavy atom. The van der Waals surface area contributed by atoms with Crippen LogP contribution in [0, 0.1) is 0 Å². The number of fused-ring (bicyclic) bond motifs is 1. The van der Waals surface area contributed by atoms with Crippen LogP contribution in [0.5, 0.6) is 17.2 Å². The standard InChI is InChI=1S/C18H18N4O5/c1-11(14-5-6-27-21-14)22(2)18(23)15-7-12(19-20-15)9-24-13-3-4-16-17(8-13)26-10-25-16/h3-8,11H,9-10H2,1-2H3,(H,19,20). The number of H-pyrrole nitrogens is 1. The maximum atomic E-state index is 12.6. The number of aromatic nitrogens is 3. The van der Waals surface area contributed by atoms with Crippen LogP contribution in [0.3, 0.4) is 0 Å². The second kappa shape index (κ2) is 7.02. The maximum Gasteiger partial charge on any atom is 0.274 e. The summed E-state index contributed by atoms with van der Waals surface area (Å²) >= 11 is 0. The Kier molecular flexibility index (Phi) is 4.41. The highest BCUT2D eigenvalue weighted by molar-refractivity contribution is 5.92. The first-order valence-corrected chi connectivity index (χ1v) is 8.36. The van der Waals surface area contributed by atoms with Gasteiger partial charge in [-0.05, 0) is 25.1 Å². The second-order valence-corrected chi connectivity index (χ2v) is 6.10. The summed E-state index contributed by atoms with van der Waals surface area (Å²) in [4.78, 5) is 14.2. The van der Waals surface area contributed by atoms with E-state index in [2.05, 4.69) is 15.4 Å². The summed E-state index contributed by atoms with van der Waals surface area (Å²) in [5, 5.41) is 10.8. The van der Waals surface area contributed by atoms with E-state index < -0.39 is 0 Å². The van der Waals surface area contributed by atoms with E-state index in [1.54, 1.807) is 42.3 Å². The van der Waals surface area contributed by atoms with Crippen LogP contribution in [-0.2, 0) is 6.61 Å². The highest BCUT2D eigenvalue weighted by Gasteiger charge is 2.23. The van der Waals surface area contributed by atoms with Gasteiger partial charge in [0.15, 0.2) is 17.2 Å². The number of amides is 1. The summed E-state index contributed by atoms with van der Waals surface area (Å²) in [6.07, 6.45) is 1.48. The Hall–Kier alpha value is -3.49. The van der Waals surface area contributed by atoms with Crippen LogP contribution >= 0.6 is 0 Å². The lowest BCUT2D eigenvalue weighted by Crippen LogP contribution is -2.30. The minimum absolute atomic E-state index is 0.213. The van der Waals surface area contributed by atoms with Gasteiger partial charge in [0.25, 0.3) is 5.91 Å². The topological polar surface area (TPSA) is 103 Å². The predicted octanol–water partition coefficient (Wildman–Crippen LogP) is 2.54. The maximum absolute atomic E-state index is 12.6. The molecule has 0 aliphatic carbocycles. The number of nitrogens with one attached hydrogen (secondary N) is 1. The number of hydrogen-bond acceptors (Lipinski definition) is 7. The zero-order valence-corrected chi connectivity index (χ0v) is 14.8. The Labute approximate surface area is 154 Å². The summed E-state index contributed by atoms with van der Waals surface area (Å²) in [5.74, 6) is 1.76. The highest BCUT2D eigenvalue weighted by Crippen LogP contribution is 2.35. The van der Waals surface area contributed by atoms with E-state index in [-0.39, 0.29) is 25.3 Å². The lowest BCUT2D eigenvalue weighted by atomic mass is 10.2. The van der Waals surface area contributed by atoms with Crippen LogP contribution in [-0.4, -0.2) is 40.0 Å². The summed E-state index contributed by atoms with van der Waals surface area (Å²) in [7, 11) is 1.69. The number of carbonyl (C=O) groups is 1. The normalized spacial score (nSPS) is 13.4. The molecule has 1 N–H and O–H groups in total. The third kappa shape index (κ3) is 3.43. The number of rotatable bonds is 6. The van der Waals surface area contributed by atoms with Crippen LogP contribution in [0.4, 0.5) is 0 Å². The number of benzene rings is 1. The molecule has 0 saturated heterocycles. The molecule has 1 aliphatic heterocycles. The third-order valence-electron chi connectivity index (χ3n) is 4.38. The molecule has 2 aromatic heterocycles. The molecule has 140 valence electrons. The van der Waals surface area contributed by atoms with Crippen LogP contribution in [0.1, 0.15) is 34.8 Å². The molecule has 9 nitrogen and oxygen atoms in total. The SMILES string of the molecule is CC(c1ccon1)N(C)C(=O)c1cc(COc2ccc3c(c2)OCO3)[nH]n1. The van der Waals surface area contributed by atoms with Gasteiger partial charge < -0.3 is 23.6 Å². The van der Waals surface area contributed by atoms with Crippen molar-refractivity contribution in [3.8, 4) is 17.2 Å². The van der Waals surface area contributed by atoms with Gasteiger partial charge in [-0.1, -0.05) is 5.16 Å². The van der Waals surface area contributed by atoms with Crippen molar-refractivity contribution in [3.63, 3.8) is 0 Å². The molecular weight excluding hydrogens is 352 g/mol. The van der Waals surface area contributed by atoms with Crippen LogP contribution in [0.25, 0.3) is 0 Å². The van der Waals surface area contributed by atoms with Crippen molar-refractivity contribution in [1.29, 1.82) is 0 Å². The van der Waals surface area contributed by atoms with Crippen LogP contribution in [0.2, 0.25) is 0 Å². The molecular formula is C18H18N4O5. The van der Waals surface area contributed by atoms with Crippen molar-refractivity contribution >= 4 is 5.91 Å². The minimum Gasteiger partial charge on any atom is -0.487 e. The molecule has 1 aromatic carbocycles. The van der Waals surface area contributed by atoms with Gasteiger partial charge in [-0.25, -0.2) is 0 Å². The van der Waals surface area contributed by atoms with Gasteiger partial charge in [-0.3, -0.25) is 9.89 Å². The van der Waals surface area contributed by atoms with Gasteiger partial charge in [0.1, 0.15) is 24.3 Å². The van der Waals surface area contributed by atoms with Crippen LogP contribution < -0.4 is 14.2 Å². The first-order chi connectivity index (χ1) is 13.1. The van der Waals surface area contributed by atoms with E-state index in [0.717, 1.165) is 0 Å². The lowest BCUT2D eigenvalue weighted by Gasteiger charge is -2.21. The number of carbonyl (C=O) groups excluding carboxylic acids is 1. The largest absolute Gasteiger partial charge is 0.487 e. The average Bonchev–Trinajstić information content (AvgIpc) is 3.45. The molecule has 9 heteroatoms. The minimum atomic E-state index is -0.235. The highest BCUT2D eigenvalue weighted by atomic mass is 16.7. The molecule has 0 bridgehead atoms. The smallest absolute Gasteiger partial charge is 0.274 e. The van der Waals surface area contributed by atoms with Crippen molar-refractivity contribution in [2.24, 2.45) is 0 Å². The van der Waals surface area contributed by atoms with Crippen molar-refractivity contribution in [2.45, 2.75) is 19.6 Å². The summed E-state index contributed by atoms with van der Waals surface area (Å²) < 4.78 is 21.1. The molecule has 0 saturated carbocycles. The molecule has 1 aliphatic rings. The average molecular weight is 370 g/mol. The fourth-order valence-electron chi connectivity index (χ4n) is 2.67. The van der Waals surface area contributed by atoms with E-state index in [0.29, 0.717) is 34.3 Å². The van der Waals surface area contributed by atoms with Crippen LogP contribution in [0.15, 0.2) is 41.1 Å². The monoisotopic (exact) mass is 370 g/mol. The molecule has 0 spiro atoms. The Balaban J connectivity index is 1.38. The number of nitrogens with zero attached hydrogens (tertiary/aromatic N) is 3. The van der Waals surface area contributed by atoms with Gasteiger partial charge >= 0.3 is 0 Å². The second-order valence-electron chi connectivity index (χ2n) is 6.10. The first-order valence-electron chi connectivity index (χ1n) is 8.36. The summed E-state index contributed by atoms with van der Waals surface area (Å²) in [5.41, 5.74) is 1.66. The summed E-state index contributed by atoms with van der Waals surface area (Å²) in [6, 6.07) is 8.51. The zero-order chi connectivity index (χ0) is 18.8. The van der Waals surface area contributed by atoms with Gasteiger partial charge in [-0.15, -0.1) is 0 Å². The first kappa shape index (κ1) is 17.0. The van der Waals surface area contributed by atoms with Gasteiger partial charge in [-0.2, -0.15) is 5.10 Å². The third-order valence-corrected chi connectivity index (χ3v) is 4.38. The molecule has 1 amide bonds. The number of aromatic amines is 1. The Morgan fingerprint density at radius 2 is 2.15 bits per heavy atom. The molecule has 1 unspecified atom stereocenters. The predicted molar refractivity (Wildman–Crippen MR) is 92.5 cm³/mol. The van der Waals surface area contributed by atoms with Gasteiger partial charge in [0.05, 0.1) is 11.7 Å². The molecule has 4 rings (SSSR count). The molecule has 3 aromatic rings. The van der Waals surface area contributed by atoms with E-state index in [1.807, 2.05) is 6.92 Å². The molecule has 0 radical (unpaired) electrons. The van der Waals surface area contributed by atoms with Gasteiger partial charge in [0, 0.05) is 19.2 Å². The van der Waals surface area contributed by atoms with E-state index in [9.17, 15) is 4.79 Å². The van der Waals surface area contributed by atoms with E-state index in [1.165, 1.54) is 6.26 Å². The number of ether oxygens (including phenoxy) is 3. The van der Waals surface area contributed by atoms with Crippen molar-refractivity contribution < 1.29 is 23.5 Å². The number of hydrogen-bond donors (Lipinski definition) is 1. The zero-order valence-electron chi connectivity index (χ0n) is 14.8.